The summed E-state index contributed by atoms with van der Waals surface area (Å²) in [7, 11) is 0. The third-order valence-corrected chi connectivity index (χ3v) is 1.15. The van der Waals surface area contributed by atoms with Crippen LogP contribution in [0.25, 0.3) is 0 Å². The number of hydrogen-bond donors (Lipinski definition) is 1. The Labute approximate surface area is 51.9 Å². The third kappa shape index (κ3) is 4.69. The van der Waals surface area contributed by atoms with Crippen molar-refractivity contribution in [1.82, 2.24) is 0 Å². The molecule has 0 bridgehead atoms. The molecule has 6 heavy (non-hydrogen) atoms. The van der Waals surface area contributed by atoms with Crippen LogP contribution in [-0.2, 0) is 0 Å². The molecule has 0 aromatic heterocycles. The Morgan fingerprint density at radius 3 is 2.33 bits per heavy atom. The van der Waals surface area contributed by atoms with Crippen LogP contribution < -0.4 is 0 Å². The Balaban J connectivity index is 2.63. The Kier molecular flexibility index (Phi) is 4.31. The molecule has 0 heterocycles. The smallest absolute Gasteiger partial charge is 0.0440 e. The predicted octanol–water partition coefficient (Wildman–Crippen LogP) is 1.19. The van der Waals surface area contributed by atoms with E-state index in [0.717, 1.165) is 6.42 Å². The summed E-state index contributed by atoms with van der Waals surface area (Å²) in [6.45, 7) is 2.40. The maximum Gasteiger partial charge on any atom is 0.0440 e. The number of aliphatic hydroxyl groups is 1. The van der Waals surface area contributed by atoms with E-state index in [0.29, 0.717) is 10.5 Å². The van der Waals surface area contributed by atoms with Crippen LogP contribution in [-0.4, -0.2) is 15.6 Å². The average molecular weight is 200 g/mol. The highest BCUT2D eigenvalue weighted by molar-refractivity contribution is 14.1. The Morgan fingerprint density at radius 2 is 2.33 bits per heavy atom. The fraction of sp³-hybridized carbons (Fsp3) is 1.00. The van der Waals surface area contributed by atoms with E-state index < -0.39 is 0 Å². The van der Waals surface area contributed by atoms with Gasteiger partial charge in [0.05, 0.1) is 0 Å². The van der Waals surface area contributed by atoms with Crippen molar-refractivity contribution in [2.45, 2.75) is 17.3 Å². The maximum absolute atomic E-state index is 8.23. The number of rotatable bonds is 2. The fourth-order valence-corrected chi connectivity index (χ4v) is 0.456. The lowest BCUT2D eigenvalue weighted by molar-refractivity contribution is 0.290. The van der Waals surface area contributed by atoms with Crippen LogP contribution in [0.15, 0.2) is 0 Å². The van der Waals surface area contributed by atoms with Gasteiger partial charge in [-0.05, 0) is 6.42 Å². The van der Waals surface area contributed by atoms with Crippen molar-refractivity contribution in [2.75, 3.05) is 6.61 Å². The van der Waals surface area contributed by atoms with Crippen molar-refractivity contribution < 1.29 is 5.11 Å². The molecule has 2 heteroatoms. The summed E-state index contributed by atoms with van der Waals surface area (Å²) in [4.78, 5) is 0. The van der Waals surface area contributed by atoms with Gasteiger partial charge in [0.25, 0.3) is 0 Å². The SMILES string of the molecule is CC(I)CCO. The zero-order chi connectivity index (χ0) is 4.99. The van der Waals surface area contributed by atoms with Gasteiger partial charge in [0.1, 0.15) is 0 Å². The minimum atomic E-state index is 0.324. The Bertz CT molecular complexity index is 28.7. The standard InChI is InChI=1S/C4H9IO/c1-4(5)2-3-6/h4,6H,2-3H2,1H3. The van der Waals surface area contributed by atoms with Gasteiger partial charge < -0.3 is 5.11 Å². The minimum absolute atomic E-state index is 0.324. The second-order valence-electron chi connectivity index (χ2n) is 1.29. The first-order chi connectivity index (χ1) is 2.77. The molecule has 0 aliphatic carbocycles. The average Bonchev–Trinajstić information content (AvgIpc) is 1.35. The largest absolute Gasteiger partial charge is 0.396 e. The minimum Gasteiger partial charge on any atom is -0.396 e. The van der Waals surface area contributed by atoms with Gasteiger partial charge >= 0.3 is 0 Å². The first-order valence-electron chi connectivity index (χ1n) is 2.02. The molecule has 0 spiro atoms. The summed E-state index contributed by atoms with van der Waals surface area (Å²) in [5, 5.41) is 8.23. The first-order valence-corrected chi connectivity index (χ1v) is 3.27. The number of aliphatic hydroxyl groups excluding tert-OH is 1. The predicted molar refractivity (Wildman–Crippen MR) is 35.2 cm³/mol. The van der Waals surface area contributed by atoms with Crippen LogP contribution in [0.3, 0.4) is 0 Å². The van der Waals surface area contributed by atoms with Crippen LogP contribution in [0.1, 0.15) is 13.3 Å². The molecule has 0 aliphatic heterocycles. The van der Waals surface area contributed by atoms with Gasteiger partial charge in [-0.2, -0.15) is 0 Å². The molecule has 0 saturated heterocycles. The summed E-state index contributed by atoms with van der Waals surface area (Å²) in [6.07, 6.45) is 0.917. The van der Waals surface area contributed by atoms with Crippen LogP contribution in [0, 0.1) is 0 Å². The highest BCUT2D eigenvalue weighted by atomic mass is 127. The Hall–Kier alpha value is 0.690. The molecule has 0 fully saturated rings. The zero-order valence-electron chi connectivity index (χ0n) is 3.82. The van der Waals surface area contributed by atoms with Gasteiger partial charge in [0, 0.05) is 10.5 Å². The molecule has 38 valence electrons. The summed E-state index contributed by atoms with van der Waals surface area (Å²) in [5.74, 6) is 0. The van der Waals surface area contributed by atoms with Gasteiger partial charge in [-0.1, -0.05) is 29.5 Å². The molecule has 0 aromatic carbocycles. The van der Waals surface area contributed by atoms with Crippen molar-refractivity contribution in [2.24, 2.45) is 0 Å². The topological polar surface area (TPSA) is 20.2 Å². The Morgan fingerprint density at radius 1 is 1.83 bits per heavy atom. The van der Waals surface area contributed by atoms with Crippen molar-refractivity contribution >= 4 is 22.6 Å². The van der Waals surface area contributed by atoms with Crippen molar-refractivity contribution in [3.05, 3.63) is 0 Å². The van der Waals surface area contributed by atoms with E-state index in [4.69, 9.17) is 5.11 Å². The third-order valence-electron chi connectivity index (χ3n) is 0.527. The summed E-state index contributed by atoms with van der Waals surface area (Å²) in [5.41, 5.74) is 0. The van der Waals surface area contributed by atoms with Gasteiger partial charge in [0.2, 0.25) is 0 Å². The molecule has 0 radical (unpaired) electrons. The molecular weight excluding hydrogens is 191 g/mol. The van der Waals surface area contributed by atoms with Gasteiger partial charge in [0.15, 0.2) is 0 Å². The monoisotopic (exact) mass is 200 g/mol. The lowest BCUT2D eigenvalue weighted by Gasteiger charge is -1.93. The van der Waals surface area contributed by atoms with Crippen molar-refractivity contribution in [1.29, 1.82) is 0 Å². The lowest BCUT2D eigenvalue weighted by atomic mass is 10.4. The van der Waals surface area contributed by atoms with E-state index in [1.54, 1.807) is 0 Å². The molecule has 1 unspecified atom stereocenters. The van der Waals surface area contributed by atoms with E-state index in [-0.39, 0.29) is 0 Å². The first kappa shape index (κ1) is 6.69. The van der Waals surface area contributed by atoms with Crippen LogP contribution >= 0.6 is 22.6 Å². The molecule has 0 amide bonds. The highest BCUT2D eigenvalue weighted by Crippen LogP contribution is 2.00. The number of halogens is 1. The molecule has 0 aromatic rings. The molecule has 0 rings (SSSR count). The summed E-state index contributed by atoms with van der Waals surface area (Å²) in [6, 6.07) is 0. The highest BCUT2D eigenvalue weighted by Gasteiger charge is 1.88. The molecule has 1 atom stereocenters. The van der Waals surface area contributed by atoms with E-state index in [2.05, 4.69) is 29.5 Å². The quantitative estimate of drug-likeness (QED) is 0.524. The summed E-state index contributed by atoms with van der Waals surface area (Å²) < 4.78 is 0.618. The van der Waals surface area contributed by atoms with E-state index in [9.17, 15) is 0 Å². The zero-order valence-corrected chi connectivity index (χ0v) is 5.97. The molecule has 0 saturated carbocycles. The lowest BCUT2D eigenvalue weighted by Crippen LogP contribution is -1.92. The number of alkyl halides is 1. The fourth-order valence-electron chi connectivity index (χ4n) is 0.178. The van der Waals surface area contributed by atoms with Crippen LogP contribution in [0.4, 0.5) is 0 Å². The van der Waals surface area contributed by atoms with Gasteiger partial charge in [-0.25, -0.2) is 0 Å². The molecule has 0 aliphatic rings. The van der Waals surface area contributed by atoms with E-state index in [1.165, 1.54) is 0 Å². The second kappa shape index (κ2) is 3.87. The van der Waals surface area contributed by atoms with Crippen LogP contribution in [0.2, 0.25) is 0 Å². The number of hydrogen-bond acceptors (Lipinski definition) is 1. The van der Waals surface area contributed by atoms with Crippen molar-refractivity contribution in [3.63, 3.8) is 0 Å². The van der Waals surface area contributed by atoms with Gasteiger partial charge in [-0.3, -0.25) is 0 Å². The van der Waals surface area contributed by atoms with Crippen molar-refractivity contribution in [3.8, 4) is 0 Å². The van der Waals surface area contributed by atoms with E-state index >= 15 is 0 Å². The molecule has 1 N–H and O–H groups in total. The van der Waals surface area contributed by atoms with E-state index in [1.807, 2.05) is 0 Å². The summed E-state index contributed by atoms with van der Waals surface area (Å²) >= 11 is 2.28. The second-order valence-corrected chi connectivity index (χ2v) is 3.42. The molecular formula is C4H9IO. The van der Waals surface area contributed by atoms with Gasteiger partial charge in [-0.15, -0.1) is 0 Å². The molecule has 1 nitrogen and oxygen atoms in total. The van der Waals surface area contributed by atoms with Crippen LogP contribution in [0.5, 0.6) is 0 Å². The maximum atomic E-state index is 8.23. The normalized spacial score (nSPS) is 14.5.